The van der Waals surface area contributed by atoms with Gasteiger partial charge in [0.15, 0.2) is 0 Å². The SMILES string of the molecule is Cc1cc(O)ccc1C(c1ccc(O)cc1C)c1ccccc1O. The third-order valence-corrected chi connectivity index (χ3v) is 4.38. The molecule has 3 nitrogen and oxygen atoms in total. The van der Waals surface area contributed by atoms with Crippen LogP contribution < -0.4 is 0 Å². The van der Waals surface area contributed by atoms with Crippen molar-refractivity contribution in [3.8, 4) is 17.2 Å². The lowest BCUT2D eigenvalue weighted by molar-refractivity contribution is 0.466. The van der Waals surface area contributed by atoms with Crippen molar-refractivity contribution in [3.05, 3.63) is 88.5 Å². The van der Waals surface area contributed by atoms with Crippen molar-refractivity contribution in [2.24, 2.45) is 0 Å². The van der Waals surface area contributed by atoms with Gasteiger partial charge < -0.3 is 15.3 Å². The Kier molecular flexibility index (Phi) is 4.17. The maximum atomic E-state index is 10.4. The van der Waals surface area contributed by atoms with Gasteiger partial charge in [-0.2, -0.15) is 0 Å². The molecule has 24 heavy (non-hydrogen) atoms. The third-order valence-electron chi connectivity index (χ3n) is 4.38. The molecule has 0 spiro atoms. The van der Waals surface area contributed by atoms with Gasteiger partial charge in [0.25, 0.3) is 0 Å². The zero-order valence-electron chi connectivity index (χ0n) is 13.7. The van der Waals surface area contributed by atoms with E-state index in [0.29, 0.717) is 0 Å². The lowest BCUT2D eigenvalue weighted by atomic mass is 9.81. The molecule has 0 atom stereocenters. The number of phenols is 3. The molecule has 0 bridgehead atoms. The normalized spacial score (nSPS) is 11.0. The molecule has 0 saturated heterocycles. The molecule has 0 fully saturated rings. The van der Waals surface area contributed by atoms with Crippen molar-refractivity contribution in [3.63, 3.8) is 0 Å². The summed E-state index contributed by atoms with van der Waals surface area (Å²) in [5, 5.41) is 29.8. The Bertz CT molecular complexity index is 833. The second-order valence-electron chi connectivity index (χ2n) is 6.07. The van der Waals surface area contributed by atoms with Gasteiger partial charge in [-0.25, -0.2) is 0 Å². The van der Waals surface area contributed by atoms with Crippen molar-refractivity contribution >= 4 is 0 Å². The molecule has 0 aromatic heterocycles. The van der Waals surface area contributed by atoms with E-state index in [1.807, 2.05) is 38.1 Å². The van der Waals surface area contributed by atoms with Crippen molar-refractivity contribution in [1.29, 1.82) is 0 Å². The van der Waals surface area contributed by atoms with Crippen LogP contribution >= 0.6 is 0 Å². The van der Waals surface area contributed by atoms with Crippen molar-refractivity contribution < 1.29 is 15.3 Å². The highest BCUT2D eigenvalue weighted by atomic mass is 16.3. The minimum absolute atomic E-state index is 0.188. The van der Waals surface area contributed by atoms with E-state index in [1.54, 1.807) is 36.4 Å². The van der Waals surface area contributed by atoms with Gasteiger partial charge in [0.05, 0.1) is 0 Å². The lowest BCUT2D eigenvalue weighted by Crippen LogP contribution is -2.07. The van der Waals surface area contributed by atoms with Crippen LogP contribution in [0, 0.1) is 13.8 Å². The molecule has 0 aliphatic rings. The summed E-state index contributed by atoms with van der Waals surface area (Å²) < 4.78 is 0. The Labute approximate surface area is 141 Å². The third kappa shape index (κ3) is 2.93. The van der Waals surface area contributed by atoms with Crippen LogP contribution in [0.4, 0.5) is 0 Å². The summed E-state index contributed by atoms with van der Waals surface area (Å²) in [5.74, 6) is 0.472. The molecule has 0 saturated carbocycles. The van der Waals surface area contributed by atoms with Gasteiger partial charge in [-0.1, -0.05) is 30.3 Å². The summed E-state index contributed by atoms with van der Waals surface area (Å²) in [4.78, 5) is 0. The second kappa shape index (κ2) is 6.28. The van der Waals surface area contributed by atoms with E-state index in [9.17, 15) is 15.3 Å². The van der Waals surface area contributed by atoms with E-state index < -0.39 is 0 Å². The van der Waals surface area contributed by atoms with E-state index in [2.05, 4.69) is 0 Å². The molecule has 0 amide bonds. The summed E-state index contributed by atoms with van der Waals surface area (Å²) in [6.07, 6.45) is 0. The van der Waals surface area contributed by atoms with Gasteiger partial charge in [0.1, 0.15) is 17.2 Å². The molecule has 0 heterocycles. The summed E-state index contributed by atoms with van der Waals surface area (Å²) >= 11 is 0. The van der Waals surface area contributed by atoms with Gasteiger partial charge in [-0.3, -0.25) is 0 Å². The Hall–Kier alpha value is -2.94. The van der Waals surface area contributed by atoms with Crippen LogP contribution in [-0.2, 0) is 0 Å². The molecule has 0 radical (unpaired) electrons. The number of aromatic hydroxyl groups is 3. The molecule has 3 heteroatoms. The zero-order valence-corrected chi connectivity index (χ0v) is 13.7. The van der Waals surface area contributed by atoms with Crippen LogP contribution in [0.15, 0.2) is 60.7 Å². The van der Waals surface area contributed by atoms with Crippen LogP contribution in [0.5, 0.6) is 17.2 Å². The Balaban J connectivity index is 2.27. The molecular weight excluding hydrogens is 300 g/mol. The van der Waals surface area contributed by atoms with Crippen LogP contribution in [-0.4, -0.2) is 15.3 Å². The van der Waals surface area contributed by atoms with Gasteiger partial charge in [0.2, 0.25) is 0 Å². The summed E-state index contributed by atoms with van der Waals surface area (Å²) in [6.45, 7) is 3.88. The minimum Gasteiger partial charge on any atom is -0.508 e. The molecule has 3 aromatic rings. The second-order valence-corrected chi connectivity index (χ2v) is 6.07. The molecule has 0 aliphatic heterocycles. The molecule has 3 rings (SSSR count). The number of rotatable bonds is 3. The predicted octanol–water partition coefficient (Wildman–Crippen LogP) is 4.60. The number of aryl methyl sites for hydroxylation is 2. The fourth-order valence-electron chi connectivity index (χ4n) is 3.20. The maximum Gasteiger partial charge on any atom is 0.119 e. The molecule has 0 unspecified atom stereocenters. The largest absolute Gasteiger partial charge is 0.508 e. The van der Waals surface area contributed by atoms with Crippen molar-refractivity contribution in [1.82, 2.24) is 0 Å². The van der Waals surface area contributed by atoms with Crippen LogP contribution in [0.25, 0.3) is 0 Å². The molecular formula is C21H20O3. The predicted molar refractivity (Wildman–Crippen MR) is 94.7 cm³/mol. The highest BCUT2D eigenvalue weighted by molar-refractivity contribution is 5.54. The van der Waals surface area contributed by atoms with Crippen LogP contribution in [0.3, 0.4) is 0 Å². The highest BCUT2D eigenvalue weighted by Gasteiger charge is 2.23. The summed E-state index contributed by atoms with van der Waals surface area (Å²) in [7, 11) is 0. The average molecular weight is 320 g/mol. The average Bonchev–Trinajstić information content (AvgIpc) is 2.52. The standard InChI is InChI=1S/C21H20O3/c1-13-11-15(22)7-9-17(13)21(19-5-3-4-6-20(19)24)18-10-8-16(23)12-14(18)2/h3-12,21-24H,1-2H3. The Morgan fingerprint density at radius 2 is 1.12 bits per heavy atom. The molecule has 0 aliphatic carbocycles. The molecule has 122 valence electrons. The highest BCUT2D eigenvalue weighted by Crippen LogP contribution is 2.40. The van der Waals surface area contributed by atoms with E-state index in [-0.39, 0.29) is 23.2 Å². The number of benzene rings is 3. The smallest absolute Gasteiger partial charge is 0.119 e. The fourth-order valence-corrected chi connectivity index (χ4v) is 3.20. The van der Waals surface area contributed by atoms with Crippen molar-refractivity contribution in [2.45, 2.75) is 19.8 Å². The van der Waals surface area contributed by atoms with Gasteiger partial charge in [-0.05, 0) is 66.4 Å². The number of hydrogen-bond donors (Lipinski definition) is 3. The van der Waals surface area contributed by atoms with Crippen LogP contribution in [0.2, 0.25) is 0 Å². The number of para-hydroxylation sites is 1. The first-order valence-electron chi connectivity index (χ1n) is 7.84. The first-order chi connectivity index (χ1) is 11.5. The summed E-state index contributed by atoms with van der Waals surface area (Å²) in [6, 6.07) is 17.8. The lowest BCUT2D eigenvalue weighted by Gasteiger charge is -2.23. The molecule has 3 N–H and O–H groups in total. The first-order valence-corrected chi connectivity index (χ1v) is 7.84. The van der Waals surface area contributed by atoms with Gasteiger partial charge in [0, 0.05) is 11.5 Å². The quantitative estimate of drug-likeness (QED) is 0.618. The number of hydrogen-bond acceptors (Lipinski definition) is 3. The van der Waals surface area contributed by atoms with E-state index >= 15 is 0 Å². The zero-order chi connectivity index (χ0) is 17.3. The summed E-state index contributed by atoms with van der Waals surface area (Å²) in [5.41, 5.74) is 4.68. The van der Waals surface area contributed by atoms with Gasteiger partial charge >= 0.3 is 0 Å². The van der Waals surface area contributed by atoms with E-state index in [1.165, 1.54) is 0 Å². The Morgan fingerprint density at radius 3 is 1.58 bits per heavy atom. The minimum atomic E-state index is -0.188. The maximum absolute atomic E-state index is 10.4. The fraction of sp³-hybridized carbons (Fsp3) is 0.143. The monoisotopic (exact) mass is 320 g/mol. The number of phenolic OH excluding ortho intramolecular Hbond substituents is 3. The van der Waals surface area contributed by atoms with Crippen molar-refractivity contribution in [2.75, 3.05) is 0 Å². The van der Waals surface area contributed by atoms with Crippen LogP contribution in [0.1, 0.15) is 33.7 Å². The van der Waals surface area contributed by atoms with Gasteiger partial charge in [-0.15, -0.1) is 0 Å². The van der Waals surface area contributed by atoms with E-state index in [4.69, 9.17) is 0 Å². The Morgan fingerprint density at radius 1 is 0.625 bits per heavy atom. The first kappa shape index (κ1) is 15.9. The topological polar surface area (TPSA) is 60.7 Å². The van der Waals surface area contributed by atoms with E-state index in [0.717, 1.165) is 27.8 Å². The molecule has 3 aromatic carbocycles.